The van der Waals surface area contributed by atoms with Crippen molar-refractivity contribution in [3.63, 3.8) is 0 Å². The molecule has 0 bridgehead atoms. The van der Waals surface area contributed by atoms with Crippen LogP contribution in [0.1, 0.15) is 24.8 Å². The minimum absolute atomic E-state index is 0.326. The summed E-state index contributed by atoms with van der Waals surface area (Å²) in [7, 11) is 0. The predicted octanol–water partition coefficient (Wildman–Crippen LogP) is 2.07. The third-order valence-electron chi connectivity index (χ3n) is 3.18. The van der Waals surface area contributed by atoms with Crippen LogP contribution in [0.15, 0.2) is 18.2 Å². The van der Waals surface area contributed by atoms with Crippen molar-refractivity contribution in [2.75, 3.05) is 19.9 Å². The Hall–Kier alpha value is -1.26. The maximum atomic E-state index is 5.65. The number of hydrogen-bond donors (Lipinski definition) is 1. The molecule has 0 radical (unpaired) electrons. The van der Waals surface area contributed by atoms with Crippen LogP contribution < -0.4 is 14.8 Å². The molecule has 1 fully saturated rings. The van der Waals surface area contributed by atoms with E-state index >= 15 is 0 Å². The summed E-state index contributed by atoms with van der Waals surface area (Å²) in [5, 5.41) is 3.47. The van der Waals surface area contributed by atoms with Gasteiger partial charge < -0.3 is 19.5 Å². The molecule has 1 aliphatic carbocycles. The average Bonchev–Trinajstić information content (AvgIpc) is 3.09. The molecule has 1 saturated carbocycles. The van der Waals surface area contributed by atoms with Crippen LogP contribution in [-0.2, 0) is 11.3 Å². The highest BCUT2D eigenvalue weighted by Crippen LogP contribution is 2.32. The van der Waals surface area contributed by atoms with Crippen LogP contribution >= 0.6 is 0 Å². The van der Waals surface area contributed by atoms with Crippen molar-refractivity contribution in [2.45, 2.75) is 31.9 Å². The SMILES string of the molecule is c1cc2c(cc1COCCCNC1CC1)OCO2. The van der Waals surface area contributed by atoms with Crippen LogP contribution in [0.2, 0.25) is 0 Å². The van der Waals surface area contributed by atoms with E-state index < -0.39 is 0 Å². The number of ether oxygens (including phenoxy) is 3. The first-order valence-electron chi connectivity index (χ1n) is 6.61. The molecule has 0 atom stereocenters. The first kappa shape index (κ1) is 11.8. The van der Waals surface area contributed by atoms with Crippen molar-refractivity contribution in [2.24, 2.45) is 0 Å². The van der Waals surface area contributed by atoms with E-state index in [2.05, 4.69) is 5.32 Å². The molecule has 0 spiro atoms. The van der Waals surface area contributed by atoms with Crippen LogP contribution in [0.4, 0.5) is 0 Å². The van der Waals surface area contributed by atoms with E-state index in [1.54, 1.807) is 0 Å². The van der Waals surface area contributed by atoms with Crippen LogP contribution in [0, 0.1) is 0 Å². The molecule has 4 nitrogen and oxygen atoms in total. The molecule has 1 aromatic carbocycles. The fraction of sp³-hybridized carbons (Fsp3) is 0.571. The van der Waals surface area contributed by atoms with E-state index in [0.717, 1.165) is 42.7 Å². The summed E-state index contributed by atoms with van der Waals surface area (Å²) < 4.78 is 16.2. The standard InChI is InChI=1S/C14H19NO3/c1(6-15-12-3-4-12)7-16-9-11-2-5-13-14(8-11)18-10-17-13/h2,5,8,12,15H,1,3-4,6-7,9-10H2. The lowest BCUT2D eigenvalue weighted by atomic mass is 10.2. The van der Waals surface area contributed by atoms with Gasteiger partial charge in [0.1, 0.15) is 0 Å². The lowest BCUT2D eigenvalue weighted by Gasteiger charge is -2.06. The van der Waals surface area contributed by atoms with Gasteiger partial charge in [-0.15, -0.1) is 0 Å². The molecule has 0 unspecified atom stereocenters. The predicted molar refractivity (Wildman–Crippen MR) is 67.9 cm³/mol. The molecule has 0 amide bonds. The van der Waals surface area contributed by atoms with Gasteiger partial charge in [-0.25, -0.2) is 0 Å². The highest BCUT2D eigenvalue weighted by Gasteiger charge is 2.19. The van der Waals surface area contributed by atoms with Crippen molar-refractivity contribution in [3.8, 4) is 11.5 Å². The molecule has 1 N–H and O–H groups in total. The highest BCUT2D eigenvalue weighted by atomic mass is 16.7. The number of hydrogen-bond acceptors (Lipinski definition) is 4. The molecular weight excluding hydrogens is 230 g/mol. The molecule has 1 aliphatic heterocycles. The van der Waals surface area contributed by atoms with Crippen LogP contribution in [0.25, 0.3) is 0 Å². The summed E-state index contributed by atoms with van der Waals surface area (Å²) in [5.74, 6) is 1.65. The average molecular weight is 249 g/mol. The minimum Gasteiger partial charge on any atom is -0.454 e. The van der Waals surface area contributed by atoms with E-state index in [-0.39, 0.29) is 0 Å². The number of rotatable bonds is 7. The quantitative estimate of drug-likeness (QED) is 0.751. The Kier molecular flexibility index (Phi) is 3.67. The molecule has 0 aromatic heterocycles. The fourth-order valence-corrected chi connectivity index (χ4v) is 1.99. The van der Waals surface area contributed by atoms with Gasteiger partial charge in [0.25, 0.3) is 0 Å². The van der Waals surface area contributed by atoms with E-state index in [4.69, 9.17) is 14.2 Å². The zero-order valence-corrected chi connectivity index (χ0v) is 10.5. The molecule has 3 rings (SSSR count). The maximum Gasteiger partial charge on any atom is 0.231 e. The summed E-state index contributed by atoms with van der Waals surface area (Å²) in [6, 6.07) is 6.75. The smallest absolute Gasteiger partial charge is 0.231 e. The van der Waals surface area contributed by atoms with E-state index in [1.807, 2.05) is 18.2 Å². The Morgan fingerprint density at radius 2 is 2.11 bits per heavy atom. The summed E-state index contributed by atoms with van der Waals surface area (Å²) in [6.07, 6.45) is 3.76. The van der Waals surface area contributed by atoms with Gasteiger partial charge in [-0.3, -0.25) is 0 Å². The van der Waals surface area contributed by atoms with Gasteiger partial charge in [0, 0.05) is 12.6 Å². The Morgan fingerprint density at radius 3 is 3.00 bits per heavy atom. The van der Waals surface area contributed by atoms with Crippen molar-refractivity contribution < 1.29 is 14.2 Å². The largest absolute Gasteiger partial charge is 0.454 e. The van der Waals surface area contributed by atoms with Gasteiger partial charge >= 0.3 is 0 Å². The molecule has 1 aromatic rings. The van der Waals surface area contributed by atoms with Gasteiger partial charge in [0.05, 0.1) is 6.61 Å². The van der Waals surface area contributed by atoms with Crippen LogP contribution in [0.3, 0.4) is 0 Å². The van der Waals surface area contributed by atoms with Crippen molar-refractivity contribution in [1.29, 1.82) is 0 Å². The third-order valence-corrected chi connectivity index (χ3v) is 3.18. The van der Waals surface area contributed by atoms with Gasteiger partial charge in [-0.05, 0) is 43.5 Å². The summed E-state index contributed by atoms with van der Waals surface area (Å²) in [5.41, 5.74) is 1.13. The van der Waals surface area contributed by atoms with E-state index in [9.17, 15) is 0 Å². The molecule has 0 saturated heterocycles. The van der Waals surface area contributed by atoms with E-state index in [1.165, 1.54) is 12.8 Å². The molecule has 18 heavy (non-hydrogen) atoms. The van der Waals surface area contributed by atoms with Gasteiger partial charge in [-0.2, -0.15) is 0 Å². The van der Waals surface area contributed by atoms with E-state index in [0.29, 0.717) is 13.4 Å². The first-order valence-corrected chi connectivity index (χ1v) is 6.61. The highest BCUT2D eigenvalue weighted by molar-refractivity contribution is 5.44. The monoisotopic (exact) mass is 249 g/mol. The Labute approximate surface area is 107 Å². The number of fused-ring (bicyclic) bond motifs is 1. The second kappa shape index (κ2) is 5.59. The van der Waals surface area contributed by atoms with Gasteiger partial charge in [0.2, 0.25) is 6.79 Å². The lowest BCUT2D eigenvalue weighted by molar-refractivity contribution is 0.118. The Morgan fingerprint density at radius 1 is 1.22 bits per heavy atom. The minimum atomic E-state index is 0.326. The zero-order valence-electron chi connectivity index (χ0n) is 10.5. The maximum absolute atomic E-state index is 5.65. The van der Waals surface area contributed by atoms with Gasteiger partial charge in [-0.1, -0.05) is 6.07 Å². The van der Waals surface area contributed by atoms with Crippen LogP contribution in [0.5, 0.6) is 11.5 Å². The summed E-state index contributed by atoms with van der Waals surface area (Å²) in [4.78, 5) is 0. The topological polar surface area (TPSA) is 39.7 Å². The fourth-order valence-electron chi connectivity index (χ4n) is 1.99. The Balaban J connectivity index is 1.34. The molecule has 4 heteroatoms. The zero-order chi connectivity index (χ0) is 12.2. The van der Waals surface area contributed by atoms with Crippen molar-refractivity contribution >= 4 is 0 Å². The first-order chi connectivity index (χ1) is 8.92. The molecule has 2 aliphatic rings. The second-order valence-electron chi connectivity index (χ2n) is 4.82. The molecule has 98 valence electrons. The molecule has 1 heterocycles. The lowest BCUT2D eigenvalue weighted by Crippen LogP contribution is -2.18. The van der Waals surface area contributed by atoms with Crippen LogP contribution in [-0.4, -0.2) is 26.0 Å². The van der Waals surface area contributed by atoms with Crippen molar-refractivity contribution in [1.82, 2.24) is 5.32 Å². The Bertz CT molecular complexity index is 404. The summed E-state index contributed by atoms with van der Waals surface area (Å²) >= 11 is 0. The molecular formula is C14H19NO3. The number of benzene rings is 1. The normalized spacial score (nSPS) is 17.1. The summed E-state index contributed by atoms with van der Waals surface area (Å²) in [6.45, 7) is 2.83. The third kappa shape index (κ3) is 3.15. The second-order valence-corrected chi connectivity index (χ2v) is 4.82. The van der Waals surface area contributed by atoms with Crippen molar-refractivity contribution in [3.05, 3.63) is 23.8 Å². The number of nitrogens with one attached hydrogen (secondary N) is 1. The van der Waals surface area contributed by atoms with Gasteiger partial charge in [0.15, 0.2) is 11.5 Å².